The zero-order valence-corrected chi connectivity index (χ0v) is 27.6. The number of aromatic nitrogens is 4. The minimum atomic E-state index is -0.449. The predicted octanol–water partition coefficient (Wildman–Crippen LogP) is 3.07. The van der Waals surface area contributed by atoms with Crippen LogP contribution in [-0.2, 0) is 4.79 Å². The molecule has 0 aliphatic heterocycles. The molecule has 0 saturated carbocycles. The van der Waals surface area contributed by atoms with E-state index in [4.69, 9.17) is 11.1 Å². The van der Waals surface area contributed by atoms with E-state index in [2.05, 4.69) is 47.8 Å². The summed E-state index contributed by atoms with van der Waals surface area (Å²) in [5.74, 6) is -2.03. The Hall–Kier alpha value is -5.84. The number of halogens is 1. The van der Waals surface area contributed by atoms with E-state index in [9.17, 15) is 24.0 Å². The van der Waals surface area contributed by atoms with E-state index in [0.717, 1.165) is 0 Å². The zero-order chi connectivity index (χ0) is 34.6. The third-order valence-corrected chi connectivity index (χ3v) is 7.61. The van der Waals surface area contributed by atoms with E-state index in [-0.39, 0.29) is 52.0 Å². The lowest BCUT2D eigenvalue weighted by Crippen LogP contribution is -2.30. The first-order valence-corrected chi connectivity index (χ1v) is 14.8. The largest absolute Gasteiger partial charge is 0.388 e. The van der Waals surface area contributed by atoms with Crippen molar-refractivity contribution in [3.8, 4) is 0 Å². The van der Waals surface area contributed by atoms with Gasteiger partial charge < -0.3 is 50.6 Å². The lowest BCUT2D eigenvalue weighted by atomic mass is 10.3. The van der Waals surface area contributed by atoms with Gasteiger partial charge in [0.25, 0.3) is 29.5 Å². The average Bonchev–Trinajstić information content (AvgIpc) is 3.87. The van der Waals surface area contributed by atoms with Crippen molar-refractivity contribution < 1.29 is 24.0 Å². The summed E-state index contributed by atoms with van der Waals surface area (Å²) in [7, 11) is 6.23. The third-order valence-electron chi connectivity index (χ3n) is 7.25. The third kappa shape index (κ3) is 7.70. The highest BCUT2D eigenvalue weighted by atomic mass is 79.9. The fourth-order valence-corrected chi connectivity index (χ4v) is 4.48. The first kappa shape index (κ1) is 34.0. The summed E-state index contributed by atoms with van der Waals surface area (Å²) in [6, 6.07) is 6.07. The quantitative estimate of drug-likeness (QED) is 0.0665. The second-order valence-electron chi connectivity index (χ2n) is 10.6. The van der Waals surface area contributed by atoms with Crippen LogP contribution in [0.4, 0.5) is 22.7 Å². The van der Waals surface area contributed by atoms with E-state index in [0.29, 0.717) is 22.7 Å². The van der Waals surface area contributed by atoms with Crippen molar-refractivity contribution in [2.45, 2.75) is 6.42 Å². The Morgan fingerprint density at radius 3 is 1.51 bits per heavy atom. The smallest absolute Gasteiger partial charge is 0.274 e. The molecule has 0 aliphatic rings. The van der Waals surface area contributed by atoms with Gasteiger partial charge in [0.15, 0.2) is 0 Å². The number of hydrogen-bond acceptors (Lipinski definition) is 6. The maximum Gasteiger partial charge on any atom is 0.274 e. The number of amides is 5. The predicted molar refractivity (Wildman–Crippen MR) is 182 cm³/mol. The molecule has 4 aromatic rings. The molecule has 4 rings (SSSR count). The van der Waals surface area contributed by atoms with Gasteiger partial charge in [-0.1, -0.05) is 6.58 Å². The Kier molecular flexibility index (Phi) is 10.2. The number of carbonyl (C=O) groups excluding carboxylic acids is 5. The molecule has 0 bridgehead atoms. The molecule has 0 fully saturated rings. The lowest BCUT2D eigenvalue weighted by Gasteiger charge is -2.16. The molecule has 246 valence electrons. The summed E-state index contributed by atoms with van der Waals surface area (Å²) in [4.78, 5) is 81.0. The highest BCUT2D eigenvalue weighted by Crippen LogP contribution is 2.24. The maximum atomic E-state index is 13.3. The van der Waals surface area contributed by atoms with Crippen LogP contribution in [-0.4, -0.2) is 94.9 Å². The van der Waals surface area contributed by atoms with Gasteiger partial charge >= 0.3 is 0 Å². The number of rotatable bonds is 12. The first-order valence-electron chi connectivity index (χ1n) is 14.0. The number of nitrogens with one attached hydrogen (secondary N) is 6. The fourth-order valence-electron chi connectivity index (χ4n) is 4.38. The van der Waals surface area contributed by atoms with Crippen molar-refractivity contribution >= 4 is 74.1 Å². The van der Waals surface area contributed by atoms with Crippen LogP contribution < -0.4 is 25.8 Å². The van der Waals surface area contributed by atoms with E-state index in [1.165, 1.54) is 62.6 Å². The molecule has 5 amide bonds. The van der Waals surface area contributed by atoms with Gasteiger partial charge in [-0.2, -0.15) is 0 Å². The molecule has 0 radical (unpaired) electrons. The van der Waals surface area contributed by atoms with Gasteiger partial charge in [-0.15, -0.1) is 0 Å². The summed E-state index contributed by atoms with van der Waals surface area (Å²) < 4.78 is 0.139. The number of anilines is 4. The van der Waals surface area contributed by atoms with Crippen molar-refractivity contribution in [2.75, 3.05) is 54.8 Å². The second-order valence-corrected chi connectivity index (χ2v) is 11.5. The van der Waals surface area contributed by atoms with Gasteiger partial charge in [-0.25, -0.2) is 0 Å². The Morgan fingerprint density at radius 1 is 0.723 bits per heavy atom. The van der Waals surface area contributed by atoms with Gasteiger partial charge in [-0.3, -0.25) is 29.4 Å². The van der Waals surface area contributed by atoms with Crippen molar-refractivity contribution in [3.63, 3.8) is 0 Å². The van der Waals surface area contributed by atoms with Crippen LogP contribution in [0.25, 0.3) is 0 Å². The zero-order valence-electron chi connectivity index (χ0n) is 26.0. The van der Waals surface area contributed by atoms with Crippen molar-refractivity contribution in [1.29, 1.82) is 5.41 Å². The molecule has 0 spiro atoms. The summed E-state index contributed by atoms with van der Waals surface area (Å²) in [6.07, 6.45) is 6.27. The monoisotopic (exact) mass is 707 g/mol. The van der Waals surface area contributed by atoms with Crippen LogP contribution in [0.5, 0.6) is 0 Å². The van der Waals surface area contributed by atoms with Gasteiger partial charge in [-0.05, 0) is 40.2 Å². The van der Waals surface area contributed by atoms with Crippen molar-refractivity contribution in [2.24, 2.45) is 5.73 Å². The number of amidine groups is 1. The lowest BCUT2D eigenvalue weighted by molar-refractivity contribution is -0.112. The van der Waals surface area contributed by atoms with Crippen LogP contribution in [0.1, 0.15) is 48.4 Å². The molecule has 4 heterocycles. The number of nitrogens with zero attached hydrogens (tertiary/aromatic N) is 4. The van der Waals surface area contributed by atoms with Gasteiger partial charge in [0, 0.05) is 65.9 Å². The standard InChI is InChI=1S/C30H34BrN11O5/c1-16(31)26(43)38-17-8-21(34-12-17)28(45)40(3)19-10-23(36-14-19)30(47)42(5)20-11-24(37-15-20)29(46)41(4)18-9-22(35-13-18)27(44)39(2)7-6-25(32)33/h8-15,34-37H,1,6-7H2,2-5H3,(H3,32,33)(H,38,43). The minimum Gasteiger partial charge on any atom is -0.388 e. The molecule has 8 N–H and O–H groups in total. The fraction of sp³-hybridized carbons (Fsp3) is 0.200. The topological polar surface area (TPSA) is 223 Å². The summed E-state index contributed by atoms with van der Waals surface area (Å²) in [6.45, 7) is 3.78. The van der Waals surface area contributed by atoms with Crippen LogP contribution >= 0.6 is 15.9 Å². The highest BCUT2D eigenvalue weighted by molar-refractivity contribution is 9.12. The van der Waals surface area contributed by atoms with E-state index < -0.39 is 23.6 Å². The highest BCUT2D eigenvalue weighted by Gasteiger charge is 2.24. The number of aromatic amines is 4. The number of carbonyl (C=O) groups is 5. The van der Waals surface area contributed by atoms with Crippen LogP contribution in [0.3, 0.4) is 0 Å². The first-order chi connectivity index (χ1) is 22.2. The Balaban J connectivity index is 1.39. The van der Waals surface area contributed by atoms with E-state index in [1.54, 1.807) is 34.3 Å². The van der Waals surface area contributed by atoms with Crippen LogP contribution in [0.15, 0.2) is 60.1 Å². The van der Waals surface area contributed by atoms with E-state index in [1.807, 2.05) is 0 Å². The Bertz CT molecular complexity index is 1870. The molecule has 47 heavy (non-hydrogen) atoms. The minimum absolute atomic E-state index is 0.0214. The number of H-pyrrole nitrogens is 4. The van der Waals surface area contributed by atoms with Gasteiger partial charge in [0.1, 0.15) is 22.8 Å². The van der Waals surface area contributed by atoms with Crippen molar-refractivity contribution in [3.05, 3.63) is 82.9 Å². The van der Waals surface area contributed by atoms with E-state index >= 15 is 0 Å². The molecule has 0 saturated heterocycles. The number of hydrogen-bond donors (Lipinski definition) is 7. The molecule has 0 atom stereocenters. The SMILES string of the molecule is C=C(Br)C(=O)Nc1c[nH]c(C(=O)N(C)c2c[nH]c(C(=O)N(C)c3c[nH]c(C(=O)N(C)c4c[nH]c(C(=O)N(C)CCC(=N)N)c4)c3)c2)c1. The summed E-state index contributed by atoms with van der Waals surface area (Å²) in [5, 5.41) is 9.92. The molecule has 0 aromatic carbocycles. The van der Waals surface area contributed by atoms with Crippen LogP contribution in [0.2, 0.25) is 0 Å². The van der Waals surface area contributed by atoms with Crippen molar-refractivity contribution in [1.82, 2.24) is 24.8 Å². The molecule has 0 unspecified atom stereocenters. The molecular weight excluding hydrogens is 674 g/mol. The summed E-state index contributed by atoms with van der Waals surface area (Å²) >= 11 is 3.00. The average molecular weight is 709 g/mol. The van der Waals surface area contributed by atoms with Crippen LogP contribution in [0, 0.1) is 5.41 Å². The Labute approximate surface area is 277 Å². The molecule has 0 aliphatic carbocycles. The Morgan fingerprint density at radius 2 is 1.11 bits per heavy atom. The van der Waals surface area contributed by atoms with Gasteiger partial charge in [0.05, 0.1) is 33.1 Å². The molecular formula is C30H34BrN11O5. The maximum absolute atomic E-state index is 13.3. The summed E-state index contributed by atoms with van der Waals surface area (Å²) in [5.41, 5.74) is 7.91. The number of nitrogens with two attached hydrogens (primary N) is 1. The normalized spacial score (nSPS) is 10.7. The second kappa shape index (κ2) is 14.1. The van der Waals surface area contributed by atoms with Gasteiger partial charge in [0.2, 0.25) is 0 Å². The molecule has 16 nitrogen and oxygen atoms in total. The molecule has 4 aromatic heterocycles. The molecule has 17 heteroatoms.